The molecule has 3 rings (SSSR count). The fourth-order valence-electron chi connectivity index (χ4n) is 3.19. The lowest BCUT2D eigenvalue weighted by Crippen LogP contribution is -2.28. The Balaban J connectivity index is 1.67. The van der Waals surface area contributed by atoms with Gasteiger partial charge in [0.15, 0.2) is 6.61 Å². The molecule has 8 heteroatoms. The third-order valence-corrected chi connectivity index (χ3v) is 4.71. The number of nitrogens with zero attached hydrogens (tertiary/aromatic N) is 2. The predicted octanol–water partition coefficient (Wildman–Crippen LogP) is 3.32. The summed E-state index contributed by atoms with van der Waals surface area (Å²) in [6.07, 6.45) is 0.142. The maximum Gasteiger partial charge on any atom is 0.257 e. The molecule has 3 aromatic rings. The zero-order chi connectivity index (χ0) is 22.4. The van der Waals surface area contributed by atoms with Gasteiger partial charge >= 0.3 is 0 Å². The molecule has 0 saturated heterocycles. The van der Waals surface area contributed by atoms with E-state index in [9.17, 15) is 14.0 Å². The van der Waals surface area contributed by atoms with Gasteiger partial charge in [0.1, 0.15) is 11.6 Å². The maximum absolute atomic E-state index is 13.2. The Hall–Kier alpha value is -3.68. The van der Waals surface area contributed by atoms with Crippen LogP contribution in [0.3, 0.4) is 0 Å². The monoisotopic (exact) mass is 424 g/mol. The Labute approximate surface area is 180 Å². The van der Waals surface area contributed by atoms with Crippen LogP contribution in [-0.4, -0.2) is 34.7 Å². The third kappa shape index (κ3) is 5.69. The lowest BCUT2D eigenvalue weighted by Gasteiger charge is -2.10. The van der Waals surface area contributed by atoms with Gasteiger partial charge in [-0.3, -0.25) is 9.59 Å². The molecule has 162 valence electrons. The first-order valence-corrected chi connectivity index (χ1v) is 9.97. The molecule has 2 N–H and O–H groups in total. The molecule has 0 aliphatic rings. The minimum absolute atomic E-state index is 0.0911. The van der Waals surface area contributed by atoms with Crippen molar-refractivity contribution in [2.24, 2.45) is 0 Å². The first kappa shape index (κ1) is 22.0. The molecule has 1 heterocycles. The molecule has 7 nitrogen and oxygen atoms in total. The molecule has 0 spiro atoms. The molecule has 0 fully saturated rings. The third-order valence-electron chi connectivity index (χ3n) is 4.71. The smallest absolute Gasteiger partial charge is 0.257 e. The van der Waals surface area contributed by atoms with Gasteiger partial charge in [0, 0.05) is 29.6 Å². The number of aromatic nitrogens is 2. The highest BCUT2D eigenvalue weighted by Crippen LogP contribution is 2.21. The Morgan fingerprint density at radius 1 is 1.10 bits per heavy atom. The summed E-state index contributed by atoms with van der Waals surface area (Å²) in [6.45, 7) is 6.00. The lowest BCUT2D eigenvalue weighted by molar-refractivity contribution is -0.123. The van der Waals surface area contributed by atoms with Crippen LogP contribution in [-0.2, 0) is 16.0 Å². The normalized spacial score (nSPS) is 10.6. The van der Waals surface area contributed by atoms with Gasteiger partial charge < -0.3 is 15.4 Å². The molecule has 2 amide bonds. The summed E-state index contributed by atoms with van der Waals surface area (Å²) in [5, 5.41) is 10.0. The number of ether oxygens (including phenoxy) is 1. The fourth-order valence-corrected chi connectivity index (χ4v) is 3.19. The topological polar surface area (TPSA) is 85.2 Å². The fraction of sp³-hybridized carbons (Fsp3) is 0.261. The van der Waals surface area contributed by atoms with Gasteiger partial charge in [-0.1, -0.05) is 6.07 Å². The van der Waals surface area contributed by atoms with Gasteiger partial charge in [-0.15, -0.1) is 0 Å². The second-order valence-corrected chi connectivity index (χ2v) is 7.03. The van der Waals surface area contributed by atoms with E-state index < -0.39 is 0 Å². The van der Waals surface area contributed by atoms with Crippen LogP contribution in [0.15, 0.2) is 48.5 Å². The number of nitrogens with one attached hydrogen (secondary N) is 2. The zero-order valence-corrected chi connectivity index (χ0v) is 17.7. The van der Waals surface area contributed by atoms with E-state index in [1.54, 1.807) is 41.1 Å². The standard InChI is InChI=1S/C23H25FN4O3/c1-4-25-23(30)14-31-20-7-5-6-18(12-20)26-22(29)13-21-15(2)27-28(16(21)3)19-10-8-17(24)9-11-19/h5-12H,4,13-14H2,1-3H3,(H,25,30)(H,26,29). The number of benzene rings is 2. The Morgan fingerprint density at radius 3 is 2.55 bits per heavy atom. The molecule has 0 aliphatic heterocycles. The highest BCUT2D eigenvalue weighted by atomic mass is 19.1. The van der Waals surface area contributed by atoms with Gasteiger partial charge in [-0.2, -0.15) is 5.10 Å². The quantitative estimate of drug-likeness (QED) is 0.581. The van der Waals surface area contributed by atoms with Crippen molar-refractivity contribution in [1.82, 2.24) is 15.1 Å². The molecular weight excluding hydrogens is 399 g/mol. The van der Waals surface area contributed by atoms with Crippen molar-refractivity contribution in [1.29, 1.82) is 0 Å². The van der Waals surface area contributed by atoms with Crippen molar-refractivity contribution in [3.8, 4) is 11.4 Å². The maximum atomic E-state index is 13.2. The number of carbonyl (C=O) groups excluding carboxylic acids is 2. The summed E-state index contributed by atoms with van der Waals surface area (Å²) >= 11 is 0. The van der Waals surface area contributed by atoms with Crippen LogP contribution < -0.4 is 15.4 Å². The number of aryl methyl sites for hydroxylation is 1. The SMILES string of the molecule is CCNC(=O)COc1cccc(NC(=O)Cc2c(C)nn(-c3ccc(F)cc3)c2C)c1. The number of hydrogen-bond acceptors (Lipinski definition) is 4. The van der Waals surface area contributed by atoms with Crippen LogP contribution in [0.5, 0.6) is 5.75 Å². The molecule has 0 radical (unpaired) electrons. The molecule has 31 heavy (non-hydrogen) atoms. The molecule has 2 aromatic carbocycles. The van der Waals surface area contributed by atoms with E-state index in [4.69, 9.17) is 4.74 Å². The molecule has 0 aliphatic carbocycles. The number of hydrogen-bond donors (Lipinski definition) is 2. The summed E-state index contributed by atoms with van der Waals surface area (Å²) in [5.74, 6) is -0.241. The van der Waals surface area contributed by atoms with Crippen molar-refractivity contribution in [3.63, 3.8) is 0 Å². The molecular formula is C23H25FN4O3. The van der Waals surface area contributed by atoms with E-state index >= 15 is 0 Å². The minimum atomic E-state index is -0.318. The summed E-state index contributed by atoms with van der Waals surface area (Å²) in [7, 11) is 0. The number of likely N-dealkylation sites (N-methyl/N-ethyl adjacent to an activating group) is 1. The minimum Gasteiger partial charge on any atom is -0.484 e. The van der Waals surface area contributed by atoms with Crippen LogP contribution in [0, 0.1) is 19.7 Å². The molecule has 0 unspecified atom stereocenters. The van der Waals surface area contributed by atoms with E-state index in [0.29, 0.717) is 18.0 Å². The molecule has 0 atom stereocenters. The number of rotatable bonds is 8. The number of anilines is 1. The van der Waals surface area contributed by atoms with E-state index in [2.05, 4.69) is 15.7 Å². The number of halogens is 1. The summed E-state index contributed by atoms with van der Waals surface area (Å²) in [5.41, 5.74) is 3.66. The number of amides is 2. The second kappa shape index (κ2) is 9.88. The Morgan fingerprint density at radius 2 is 1.84 bits per heavy atom. The lowest BCUT2D eigenvalue weighted by atomic mass is 10.1. The van der Waals surface area contributed by atoms with Gasteiger partial charge in [0.2, 0.25) is 5.91 Å². The highest BCUT2D eigenvalue weighted by molar-refractivity contribution is 5.92. The average Bonchev–Trinajstić information content (AvgIpc) is 3.01. The van der Waals surface area contributed by atoms with Crippen LogP contribution >= 0.6 is 0 Å². The van der Waals surface area contributed by atoms with Gasteiger partial charge in [0.05, 0.1) is 17.8 Å². The largest absolute Gasteiger partial charge is 0.484 e. The molecule has 1 aromatic heterocycles. The van der Waals surface area contributed by atoms with Crippen molar-refractivity contribution in [3.05, 3.63) is 71.3 Å². The average molecular weight is 424 g/mol. The summed E-state index contributed by atoms with van der Waals surface area (Å²) in [4.78, 5) is 24.2. The predicted molar refractivity (Wildman–Crippen MR) is 116 cm³/mol. The van der Waals surface area contributed by atoms with E-state index in [-0.39, 0.29) is 30.7 Å². The second-order valence-electron chi connectivity index (χ2n) is 7.03. The highest BCUT2D eigenvalue weighted by Gasteiger charge is 2.16. The van der Waals surface area contributed by atoms with Gasteiger partial charge in [0.25, 0.3) is 5.91 Å². The van der Waals surface area contributed by atoms with Gasteiger partial charge in [-0.05, 0) is 57.2 Å². The van der Waals surface area contributed by atoms with Gasteiger partial charge in [-0.25, -0.2) is 9.07 Å². The number of carbonyl (C=O) groups is 2. The van der Waals surface area contributed by atoms with E-state index in [0.717, 1.165) is 22.6 Å². The van der Waals surface area contributed by atoms with Crippen molar-refractivity contribution >= 4 is 17.5 Å². The van der Waals surface area contributed by atoms with E-state index in [1.807, 2.05) is 20.8 Å². The van der Waals surface area contributed by atoms with Crippen LogP contribution in [0.25, 0.3) is 5.69 Å². The Bertz CT molecular complexity index is 1080. The zero-order valence-electron chi connectivity index (χ0n) is 17.7. The first-order chi connectivity index (χ1) is 14.9. The van der Waals surface area contributed by atoms with Crippen LogP contribution in [0.4, 0.5) is 10.1 Å². The van der Waals surface area contributed by atoms with Crippen molar-refractivity contribution < 1.29 is 18.7 Å². The first-order valence-electron chi connectivity index (χ1n) is 9.97. The molecule has 0 saturated carbocycles. The van der Waals surface area contributed by atoms with Crippen molar-refractivity contribution in [2.45, 2.75) is 27.2 Å². The molecule has 0 bridgehead atoms. The van der Waals surface area contributed by atoms with E-state index in [1.165, 1.54) is 12.1 Å². The summed E-state index contributed by atoms with van der Waals surface area (Å²) in [6, 6.07) is 12.9. The van der Waals surface area contributed by atoms with Crippen LogP contribution in [0.1, 0.15) is 23.9 Å². The summed E-state index contributed by atoms with van der Waals surface area (Å²) < 4.78 is 20.4. The Kier molecular flexibility index (Phi) is 7.02. The van der Waals surface area contributed by atoms with Crippen LogP contribution in [0.2, 0.25) is 0 Å². The van der Waals surface area contributed by atoms with Crippen molar-refractivity contribution in [2.75, 3.05) is 18.5 Å².